The fourth-order valence-electron chi connectivity index (χ4n) is 4.37. The van der Waals surface area contributed by atoms with Gasteiger partial charge in [-0.05, 0) is 26.0 Å². The molecule has 0 aliphatic carbocycles. The molecule has 0 bridgehead atoms. The summed E-state index contributed by atoms with van der Waals surface area (Å²) >= 11 is 7.65. The SMILES string of the molecule is CCOC(=O)C1=C(CN2CCS(=O)(=O)C(C)C2C(=O)O)NC(c2nccs2)=NC1c1ccc(F)cc1Cl. The van der Waals surface area contributed by atoms with Crippen molar-refractivity contribution in [3.05, 3.63) is 62.5 Å². The van der Waals surface area contributed by atoms with Gasteiger partial charge < -0.3 is 15.2 Å². The molecule has 2 aliphatic rings. The van der Waals surface area contributed by atoms with E-state index in [9.17, 15) is 27.5 Å². The van der Waals surface area contributed by atoms with Crippen LogP contribution in [0.4, 0.5) is 4.39 Å². The number of aliphatic carboxylic acids is 1. The molecule has 2 aromatic rings. The Morgan fingerprint density at radius 3 is 2.76 bits per heavy atom. The summed E-state index contributed by atoms with van der Waals surface area (Å²) in [4.78, 5) is 35.8. The van der Waals surface area contributed by atoms with E-state index in [0.717, 1.165) is 6.07 Å². The van der Waals surface area contributed by atoms with Crippen LogP contribution < -0.4 is 5.32 Å². The van der Waals surface area contributed by atoms with Crippen LogP contribution in [-0.4, -0.2) is 77.9 Å². The normalized spacial score (nSPS) is 23.8. The van der Waals surface area contributed by atoms with E-state index < -0.39 is 44.9 Å². The van der Waals surface area contributed by atoms with Crippen molar-refractivity contribution in [2.24, 2.45) is 4.99 Å². The summed E-state index contributed by atoms with van der Waals surface area (Å²) in [6.45, 7) is 2.87. The first-order valence-corrected chi connectivity index (χ1v) is 14.3. The Kier molecular flexibility index (Phi) is 7.97. The maximum atomic E-state index is 13.8. The monoisotopic (exact) mass is 570 g/mol. The highest BCUT2D eigenvalue weighted by Crippen LogP contribution is 2.37. The van der Waals surface area contributed by atoms with E-state index >= 15 is 0 Å². The first-order valence-electron chi connectivity index (χ1n) is 11.3. The summed E-state index contributed by atoms with van der Waals surface area (Å²) in [5.41, 5.74) is 0.659. The van der Waals surface area contributed by atoms with Crippen LogP contribution in [-0.2, 0) is 24.2 Å². The Bertz CT molecular complexity index is 1380. The molecule has 2 N–H and O–H groups in total. The number of carboxylic acid groups (broad SMARTS) is 1. The molecule has 14 heteroatoms. The van der Waals surface area contributed by atoms with Gasteiger partial charge in [0.15, 0.2) is 20.7 Å². The van der Waals surface area contributed by atoms with Crippen LogP contribution in [0.25, 0.3) is 0 Å². The van der Waals surface area contributed by atoms with Gasteiger partial charge in [-0.2, -0.15) is 0 Å². The van der Waals surface area contributed by atoms with E-state index in [0.29, 0.717) is 16.4 Å². The van der Waals surface area contributed by atoms with Crippen molar-refractivity contribution in [3.8, 4) is 0 Å². The lowest BCUT2D eigenvalue weighted by molar-refractivity contribution is -0.143. The standard InChI is InChI=1S/C23H24ClFN4O6S2/c1-3-35-23(32)17-16(11-29-7-9-37(33,34)12(2)19(29)22(30)31)27-20(21-26-6-8-36-21)28-18(17)14-5-4-13(25)10-15(14)24/h4-6,8,10,12,18-19H,3,7,9,11H2,1-2H3,(H,27,28)(H,30,31). The largest absolute Gasteiger partial charge is 0.480 e. The number of aliphatic imine (C=N–C) groups is 1. The first kappa shape index (κ1) is 27.2. The number of hydrogen-bond acceptors (Lipinski definition) is 10. The van der Waals surface area contributed by atoms with Crippen LogP contribution in [0.1, 0.15) is 30.5 Å². The number of thiazole rings is 1. The van der Waals surface area contributed by atoms with Gasteiger partial charge >= 0.3 is 11.9 Å². The van der Waals surface area contributed by atoms with Gasteiger partial charge in [-0.3, -0.25) is 14.7 Å². The predicted molar refractivity (Wildman–Crippen MR) is 136 cm³/mol. The fourth-order valence-corrected chi connectivity index (χ4v) is 6.77. The highest BCUT2D eigenvalue weighted by molar-refractivity contribution is 7.92. The predicted octanol–water partition coefficient (Wildman–Crippen LogP) is 2.42. The topological polar surface area (TPSA) is 138 Å². The number of carboxylic acids is 1. The molecule has 2 aliphatic heterocycles. The van der Waals surface area contributed by atoms with Crippen molar-refractivity contribution in [3.63, 3.8) is 0 Å². The number of carbonyl (C=O) groups is 2. The van der Waals surface area contributed by atoms with Crippen molar-refractivity contribution >= 4 is 50.5 Å². The molecule has 0 saturated carbocycles. The Hall–Kier alpha value is -2.87. The van der Waals surface area contributed by atoms with Crippen LogP contribution in [0, 0.1) is 5.82 Å². The van der Waals surface area contributed by atoms with Crippen LogP contribution in [0.5, 0.6) is 0 Å². The number of benzene rings is 1. The number of amidine groups is 1. The zero-order valence-electron chi connectivity index (χ0n) is 19.8. The third-order valence-corrected chi connectivity index (χ3v) is 9.44. The van der Waals surface area contributed by atoms with E-state index in [4.69, 9.17) is 16.3 Å². The lowest BCUT2D eigenvalue weighted by Crippen LogP contribution is -2.58. The fraction of sp³-hybridized carbons (Fsp3) is 0.391. The summed E-state index contributed by atoms with van der Waals surface area (Å²) in [6, 6.07) is 1.37. The maximum Gasteiger partial charge on any atom is 0.338 e. The number of rotatable bonds is 7. The molecule has 0 radical (unpaired) electrons. The van der Waals surface area contributed by atoms with Gasteiger partial charge in [0.2, 0.25) is 0 Å². The average molecular weight is 571 g/mol. The number of carbonyl (C=O) groups excluding carboxylic acids is 1. The van der Waals surface area contributed by atoms with E-state index in [1.165, 1.54) is 35.3 Å². The molecule has 3 unspecified atom stereocenters. The van der Waals surface area contributed by atoms with Crippen molar-refractivity contribution < 1.29 is 32.2 Å². The summed E-state index contributed by atoms with van der Waals surface area (Å²) in [5.74, 6) is -2.52. The second-order valence-corrected chi connectivity index (χ2v) is 12.2. The molecular weight excluding hydrogens is 547 g/mol. The summed E-state index contributed by atoms with van der Waals surface area (Å²) in [6.07, 6.45) is 1.58. The van der Waals surface area contributed by atoms with Gasteiger partial charge in [-0.15, -0.1) is 11.3 Å². The lowest BCUT2D eigenvalue weighted by Gasteiger charge is -2.38. The van der Waals surface area contributed by atoms with Crippen LogP contribution in [0.3, 0.4) is 0 Å². The van der Waals surface area contributed by atoms with Gasteiger partial charge in [0.05, 0.1) is 23.2 Å². The van der Waals surface area contributed by atoms with Crippen LogP contribution >= 0.6 is 22.9 Å². The van der Waals surface area contributed by atoms with E-state index in [1.807, 2.05) is 0 Å². The van der Waals surface area contributed by atoms with Gasteiger partial charge in [0, 0.05) is 40.9 Å². The highest BCUT2D eigenvalue weighted by Gasteiger charge is 2.44. The van der Waals surface area contributed by atoms with Gasteiger partial charge in [-0.25, -0.2) is 22.6 Å². The molecule has 4 rings (SSSR count). The smallest absolute Gasteiger partial charge is 0.338 e. The molecule has 1 saturated heterocycles. The number of sulfone groups is 1. The minimum atomic E-state index is -3.61. The van der Waals surface area contributed by atoms with Crippen LogP contribution in [0.2, 0.25) is 5.02 Å². The van der Waals surface area contributed by atoms with Gasteiger partial charge in [-0.1, -0.05) is 17.7 Å². The number of aromatic nitrogens is 1. The highest BCUT2D eigenvalue weighted by atomic mass is 35.5. The molecule has 0 spiro atoms. The third kappa shape index (κ3) is 5.54. The molecule has 1 aromatic heterocycles. The zero-order chi connectivity index (χ0) is 26.9. The number of nitrogens with one attached hydrogen (secondary N) is 1. The summed E-state index contributed by atoms with van der Waals surface area (Å²) < 4.78 is 44.0. The Balaban J connectivity index is 1.85. The van der Waals surface area contributed by atoms with Crippen molar-refractivity contribution in [1.29, 1.82) is 0 Å². The Morgan fingerprint density at radius 2 is 2.14 bits per heavy atom. The molecule has 10 nitrogen and oxygen atoms in total. The molecule has 1 fully saturated rings. The summed E-state index contributed by atoms with van der Waals surface area (Å²) in [5, 5.41) is 14.1. The summed E-state index contributed by atoms with van der Waals surface area (Å²) in [7, 11) is -3.61. The van der Waals surface area contributed by atoms with E-state index in [-0.39, 0.29) is 41.7 Å². The van der Waals surface area contributed by atoms with Crippen molar-refractivity contribution in [1.82, 2.24) is 15.2 Å². The minimum absolute atomic E-state index is 0.0383. The second kappa shape index (κ2) is 10.9. The van der Waals surface area contributed by atoms with Gasteiger partial charge in [0.25, 0.3) is 0 Å². The second-order valence-electron chi connectivity index (χ2n) is 8.45. The van der Waals surface area contributed by atoms with Gasteiger partial charge in [0.1, 0.15) is 17.9 Å². The lowest BCUT2D eigenvalue weighted by atomic mass is 9.95. The molecule has 1 aromatic carbocycles. The molecular formula is C23H24ClFN4O6S2. The molecule has 3 heterocycles. The van der Waals surface area contributed by atoms with Crippen molar-refractivity contribution in [2.75, 3.05) is 25.4 Å². The Labute approximate surface area is 221 Å². The molecule has 0 amide bonds. The molecule has 3 atom stereocenters. The number of esters is 1. The number of ether oxygens (including phenoxy) is 1. The Morgan fingerprint density at radius 1 is 1.38 bits per heavy atom. The molecule has 198 valence electrons. The van der Waals surface area contributed by atoms with Crippen LogP contribution in [0.15, 0.2) is 46.0 Å². The van der Waals surface area contributed by atoms with E-state index in [1.54, 1.807) is 18.5 Å². The zero-order valence-corrected chi connectivity index (χ0v) is 22.2. The minimum Gasteiger partial charge on any atom is -0.480 e. The number of halogens is 2. The van der Waals surface area contributed by atoms with E-state index in [2.05, 4.69) is 15.3 Å². The quantitative estimate of drug-likeness (QED) is 0.480. The molecule has 37 heavy (non-hydrogen) atoms. The first-order chi connectivity index (χ1) is 17.5. The maximum absolute atomic E-state index is 13.8. The third-order valence-electron chi connectivity index (χ3n) is 6.20. The van der Waals surface area contributed by atoms with Crippen molar-refractivity contribution in [2.45, 2.75) is 31.2 Å². The number of hydrogen-bond donors (Lipinski definition) is 2. The average Bonchev–Trinajstić information content (AvgIpc) is 3.36. The number of nitrogens with zero attached hydrogens (tertiary/aromatic N) is 3.